The van der Waals surface area contributed by atoms with Gasteiger partial charge < -0.3 is 19.1 Å². The largest absolute Gasteiger partial charge is 0.461 e. The molecule has 1 saturated heterocycles. The van der Waals surface area contributed by atoms with Crippen molar-refractivity contribution in [3.05, 3.63) is 36.4 Å². The Morgan fingerprint density at radius 3 is 2.69 bits per heavy atom. The van der Waals surface area contributed by atoms with E-state index in [1.807, 2.05) is 18.2 Å². The highest BCUT2D eigenvalue weighted by Crippen LogP contribution is 2.28. The fourth-order valence-electron chi connectivity index (χ4n) is 3.04. The topological polar surface area (TPSA) is 97.5 Å². The quantitative estimate of drug-likeness (QED) is 0.646. The zero-order chi connectivity index (χ0) is 17.9. The lowest BCUT2D eigenvalue weighted by Gasteiger charge is -2.36. The van der Waals surface area contributed by atoms with Gasteiger partial charge in [-0.1, -0.05) is 11.2 Å². The first-order valence-corrected chi connectivity index (χ1v) is 8.46. The average Bonchev–Trinajstić information content (AvgIpc) is 3.13. The number of hydrogen-bond acceptors (Lipinski definition) is 9. The summed E-state index contributed by atoms with van der Waals surface area (Å²) in [5.74, 6) is 1.06. The Morgan fingerprint density at radius 2 is 1.96 bits per heavy atom. The fourth-order valence-corrected chi connectivity index (χ4v) is 3.04. The number of aromatic nitrogens is 4. The van der Waals surface area contributed by atoms with Crippen LogP contribution in [0.2, 0.25) is 0 Å². The highest BCUT2D eigenvalue weighted by atomic mass is 16.5. The maximum atomic E-state index is 12.2. The second-order valence-corrected chi connectivity index (χ2v) is 5.79. The molecule has 0 unspecified atom stereocenters. The monoisotopic (exact) mass is 354 g/mol. The highest BCUT2D eigenvalue weighted by molar-refractivity contribution is 6.04. The second kappa shape index (κ2) is 6.95. The lowest BCUT2D eigenvalue weighted by atomic mass is 10.2. The molecule has 1 aliphatic heterocycles. The van der Waals surface area contributed by atoms with Crippen LogP contribution in [0.4, 0.5) is 11.6 Å². The van der Waals surface area contributed by atoms with Gasteiger partial charge in [0.1, 0.15) is 23.3 Å². The molecule has 0 atom stereocenters. The summed E-state index contributed by atoms with van der Waals surface area (Å²) in [5.41, 5.74) is 0.398. The molecule has 0 radical (unpaired) electrons. The van der Waals surface area contributed by atoms with Crippen LogP contribution in [-0.4, -0.2) is 58.9 Å². The third kappa shape index (κ3) is 2.92. The maximum Gasteiger partial charge on any atom is 0.361 e. The molecule has 134 valence electrons. The molecule has 0 amide bonds. The summed E-state index contributed by atoms with van der Waals surface area (Å²) in [7, 11) is 0. The molecule has 0 N–H and O–H groups in total. The summed E-state index contributed by atoms with van der Waals surface area (Å²) in [6.07, 6.45) is 3.21. The number of hydrogen-bond donors (Lipinski definition) is 0. The van der Waals surface area contributed by atoms with Gasteiger partial charge >= 0.3 is 5.97 Å². The number of piperazine rings is 1. The summed E-state index contributed by atoms with van der Waals surface area (Å²) in [4.78, 5) is 29.3. The smallest absolute Gasteiger partial charge is 0.361 e. The second-order valence-electron chi connectivity index (χ2n) is 5.79. The Morgan fingerprint density at radius 1 is 1.15 bits per heavy atom. The zero-order valence-corrected chi connectivity index (χ0v) is 14.3. The van der Waals surface area contributed by atoms with E-state index in [0.717, 1.165) is 32.0 Å². The summed E-state index contributed by atoms with van der Waals surface area (Å²) in [6, 6.07) is 5.88. The van der Waals surface area contributed by atoms with E-state index in [-0.39, 0.29) is 18.0 Å². The van der Waals surface area contributed by atoms with Gasteiger partial charge in [0.2, 0.25) is 5.69 Å². The van der Waals surface area contributed by atoms with Crippen LogP contribution in [0, 0.1) is 0 Å². The predicted octanol–water partition coefficient (Wildman–Crippen LogP) is 1.52. The number of esters is 1. The van der Waals surface area contributed by atoms with Crippen LogP contribution in [0.3, 0.4) is 0 Å². The molecular weight excluding hydrogens is 336 g/mol. The molecule has 0 bridgehead atoms. The number of carbonyl (C=O) groups is 1. The number of rotatable bonds is 4. The van der Waals surface area contributed by atoms with Crippen LogP contribution in [0.1, 0.15) is 17.4 Å². The molecule has 3 aromatic heterocycles. The van der Waals surface area contributed by atoms with Gasteiger partial charge in [0.15, 0.2) is 0 Å². The van der Waals surface area contributed by atoms with E-state index in [0.29, 0.717) is 11.2 Å². The van der Waals surface area contributed by atoms with Crippen LogP contribution < -0.4 is 9.80 Å². The summed E-state index contributed by atoms with van der Waals surface area (Å²) < 4.78 is 10.2. The van der Waals surface area contributed by atoms with Crippen molar-refractivity contribution in [2.45, 2.75) is 6.92 Å². The molecule has 0 aliphatic carbocycles. The molecule has 3 aromatic rings. The number of ether oxygens (including phenoxy) is 1. The van der Waals surface area contributed by atoms with Crippen molar-refractivity contribution in [1.29, 1.82) is 0 Å². The molecule has 0 spiro atoms. The standard InChI is InChI=1S/C17H18N6O3/c1-2-25-17(24)14-13-15(19-11-20-16(13)26-21-14)23-9-7-22(8-10-23)12-5-3-4-6-18-12/h3-6,11H,2,7-10H2,1H3. The van der Waals surface area contributed by atoms with Gasteiger partial charge in [-0.3, -0.25) is 0 Å². The minimum atomic E-state index is -0.533. The van der Waals surface area contributed by atoms with Crippen LogP contribution in [0.15, 0.2) is 35.2 Å². The third-order valence-corrected chi connectivity index (χ3v) is 4.27. The zero-order valence-electron chi connectivity index (χ0n) is 14.3. The van der Waals surface area contributed by atoms with Gasteiger partial charge in [-0.25, -0.2) is 14.8 Å². The van der Waals surface area contributed by atoms with Crippen molar-refractivity contribution >= 4 is 28.7 Å². The molecule has 4 rings (SSSR count). The summed E-state index contributed by atoms with van der Waals surface area (Å²) in [5, 5.41) is 4.33. The van der Waals surface area contributed by atoms with E-state index in [1.165, 1.54) is 6.33 Å². The van der Waals surface area contributed by atoms with Crippen LogP contribution in [0.5, 0.6) is 0 Å². The van der Waals surface area contributed by atoms with Gasteiger partial charge in [-0.2, -0.15) is 4.98 Å². The number of pyridine rings is 1. The Balaban J connectivity index is 1.60. The van der Waals surface area contributed by atoms with Crippen molar-refractivity contribution < 1.29 is 14.1 Å². The first-order chi connectivity index (χ1) is 12.8. The SMILES string of the molecule is CCOC(=O)c1noc2ncnc(N3CCN(c4ccccn4)CC3)c12. The van der Waals surface area contributed by atoms with E-state index in [9.17, 15) is 4.79 Å². The van der Waals surface area contributed by atoms with Gasteiger partial charge in [0.05, 0.1) is 6.61 Å². The molecule has 4 heterocycles. The van der Waals surface area contributed by atoms with Crippen LogP contribution in [0.25, 0.3) is 11.1 Å². The molecule has 0 aromatic carbocycles. The molecule has 9 nitrogen and oxygen atoms in total. The van der Waals surface area contributed by atoms with Crippen molar-refractivity contribution in [3.63, 3.8) is 0 Å². The molecular formula is C17H18N6O3. The minimum absolute atomic E-state index is 0.115. The van der Waals surface area contributed by atoms with E-state index in [1.54, 1.807) is 13.1 Å². The normalized spacial score (nSPS) is 14.7. The molecule has 1 fully saturated rings. The Bertz CT molecular complexity index is 905. The first-order valence-electron chi connectivity index (χ1n) is 8.46. The Kier molecular flexibility index (Phi) is 4.34. The van der Waals surface area contributed by atoms with Crippen molar-refractivity contribution in [2.24, 2.45) is 0 Å². The maximum absolute atomic E-state index is 12.2. The van der Waals surface area contributed by atoms with Crippen molar-refractivity contribution in [1.82, 2.24) is 20.1 Å². The van der Waals surface area contributed by atoms with Gasteiger partial charge in [-0.15, -0.1) is 0 Å². The number of carbonyl (C=O) groups excluding carboxylic acids is 1. The average molecular weight is 354 g/mol. The molecule has 26 heavy (non-hydrogen) atoms. The number of anilines is 2. The van der Waals surface area contributed by atoms with E-state index < -0.39 is 5.97 Å². The Hall–Kier alpha value is -3.23. The number of nitrogens with zero attached hydrogens (tertiary/aromatic N) is 6. The lowest BCUT2D eigenvalue weighted by molar-refractivity contribution is 0.0517. The third-order valence-electron chi connectivity index (χ3n) is 4.27. The number of fused-ring (bicyclic) bond motifs is 1. The lowest BCUT2D eigenvalue weighted by Crippen LogP contribution is -2.47. The predicted molar refractivity (Wildman–Crippen MR) is 94.2 cm³/mol. The van der Waals surface area contributed by atoms with E-state index in [4.69, 9.17) is 9.26 Å². The van der Waals surface area contributed by atoms with E-state index in [2.05, 4.69) is 29.9 Å². The Labute approximate surface area is 149 Å². The molecule has 0 saturated carbocycles. The van der Waals surface area contributed by atoms with Crippen LogP contribution >= 0.6 is 0 Å². The van der Waals surface area contributed by atoms with E-state index >= 15 is 0 Å². The molecule has 9 heteroatoms. The van der Waals surface area contributed by atoms with Gasteiger partial charge in [0, 0.05) is 32.4 Å². The van der Waals surface area contributed by atoms with Gasteiger partial charge in [0.25, 0.3) is 5.71 Å². The van der Waals surface area contributed by atoms with Crippen molar-refractivity contribution in [3.8, 4) is 0 Å². The first kappa shape index (κ1) is 16.2. The minimum Gasteiger partial charge on any atom is -0.461 e. The van der Waals surface area contributed by atoms with Gasteiger partial charge in [-0.05, 0) is 19.1 Å². The summed E-state index contributed by atoms with van der Waals surface area (Å²) in [6.45, 7) is 5.06. The van der Waals surface area contributed by atoms with Crippen LogP contribution in [-0.2, 0) is 4.74 Å². The van der Waals surface area contributed by atoms with Crippen molar-refractivity contribution in [2.75, 3.05) is 42.6 Å². The molecule has 1 aliphatic rings. The fraction of sp³-hybridized carbons (Fsp3) is 0.353. The highest BCUT2D eigenvalue weighted by Gasteiger charge is 2.27. The summed E-state index contributed by atoms with van der Waals surface area (Å²) >= 11 is 0.